The van der Waals surface area contributed by atoms with Crippen LogP contribution in [0.1, 0.15) is 25.3 Å². The number of rotatable bonds is 6. The van der Waals surface area contributed by atoms with Crippen LogP contribution >= 0.6 is 0 Å². The Balaban J connectivity index is 2.23. The summed E-state index contributed by atoms with van der Waals surface area (Å²) in [6, 6.07) is 3.45. The van der Waals surface area contributed by atoms with Crippen LogP contribution in [0, 0.1) is 5.82 Å². The minimum absolute atomic E-state index is 0.0262. The van der Waals surface area contributed by atoms with Crippen LogP contribution in [0.4, 0.5) is 4.39 Å². The lowest BCUT2D eigenvalue weighted by Gasteiger charge is -2.21. The fourth-order valence-corrected chi connectivity index (χ4v) is 4.02. The summed E-state index contributed by atoms with van der Waals surface area (Å²) >= 11 is 0. The number of hydrogen-bond donors (Lipinski definition) is 2. The number of benzene rings is 1. The Kier molecular flexibility index (Phi) is 5.32. The van der Waals surface area contributed by atoms with Crippen LogP contribution in [0.5, 0.6) is 0 Å². The first-order valence-corrected chi connectivity index (χ1v) is 8.49. The van der Waals surface area contributed by atoms with Gasteiger partial charge in [-0.1, -0.05) is 6.07 Å². The molecular formula is C14H21FN2O3S. The van der Waals surface area contributed by atoms with E-state index < -0.39 is 15.8 Å². The van der Waals surface area contributed by atoms with Crippen molar-refractivity contribution in [2.45, 2.75) is 43.4 Å². The van der Waals surface area contributed by atoms with Crippen molar-refractivity contribution in [2.24, 2.45) is 0 Å². The predicted molar refractivity (Wildman–Crippen MR) is 77.9 cm³/mol. The molecule has 0 spiro atoms. The van der Waals surface area contributed by atoms with E-state index in [-0.39, 0.29) is 17.0 Å². The fraction of sp³-hybridized carbons (Fsp3) is 0.571. The topological polar surface area (TPSA) is 67.4 Å². The van der Waals surface area contributed by atoms with E-state index in [2.05, 4.69) is 10.0 Å². The summed E-state index contributed by atoms with van der Waals surface area (Å²) in [7, 11) is -2.07. The molecule has 0 bridgehead atoms. The largest absolute Gasteiger partial charge is 0.377 e. The van der Waals surface area contributed by atoms with Crippen molar-refractivity contribution < 1.29 is 17.5 Å². The second-order valence-electron chi connectivity index (χ2n) is 5.24. The van der Waals surface area contributed by atoms with Gasteiger partial charge in [0.1, 0.15) is 5.82 Å². The van der Waals surface area contributed by atoms with Gasteiger partial charge in [0.15, 0.2) is 0 Å². The summed E-state index contributed by atoms with van der Waals surface area (Å²) in [4.78, 5) is -0.0262. The van der Waals surface area contributed by atoms with Crippen molar-refractivity contribution in [3.8, 4) is 0 Å². The molecule has 2 N–H and O–H groups in total. The Morgan fingerprint density at radius 1 is 1.48 bits per heavy atom. The van der Waals surface area contributed by atoms with Crippen molar-refractivity contribution in [3.63, 3.8) is 0 Å². The van der Waals surface area contributed by atoms with Gasteiger partial charge in [-0.15, -0.1) is 0 Å². The lowest BCUT2D eigenvalue weighted by molar-refractivity contribution is 0.0902. The Morgan fingerprint density at radius 2 is 2.24 bits per heavy atom. The second-order valence-corrected chi connectivity index (χ2v) is 6.93. The maximum atomic E-state index is 13.4. The fourth-order valence-electron chi connectivity index (χ4n) is 2.50. The predicted octanol–water partition coefficient (Wildman–Crippen LogP) is 1.39. The average Bonchev–Trinajstić information content (AvgIpc) is 2.94. The molecule has 1 saturated heterocycles. The van der Waals surface area contributed by atoms with Crippen molar-refractivity contribution in [1.82, 2.24) is 10.0 Å². The number of nitrogens with one attached hydrogen (secondary N) is 2. The van der Waals surface area contributed by atoms with Crippen LogP contribution in [0.25, 0.3) is 0 Å². The van der Waals surface area contributed by atoms with Gasteiger partial charge >= 0.3 is 0 Å². The van der Waals surface area contributed by atoms with E-state index in [1.165, 1.54) is 12.1 Å². The first-order chi connectivity index (χ1) is 9.94. The standard InChI is InChI=1S/C14H21FN2O3S/c1-10(13-4-3-7-20-13)17-21(18,19)14-8-12(15)6-5-11(14)9-16-2/h5-6,8,10,13,16-17H,3-4,7,9H2,1-2H3. The molecule has 2 rings (SSSR count). The third-order valence-electron chi connectivity index (χ3n) is 3.55. The van der Waals surface area contributed by atoms with Gasteiger partial charge in [-0.05, 0) is 44.5 Å². The molecule has 0 aliphatic carbocycles. The SMILES string of the molecule is CNCc1ccc(F)cc1S(=O)(=O)NC(C)C1CCCO1. The highest BCUT2D eigenvalue weighted by Crippen LogP contribution is 2.20. The monoisotopic (exact) mass is 316 g/mol. The molecule has 1 aliphatic heterocycles. The van der Waals surface area contributed by atoms with Gasteiger partial charge in [-0.25, -0.2) is 17.5 Å². The van der Waals surface area contributed by atoms with Crippen LogP contribution in [0.2, 0.25) is 0 Å². The van der Waals surface area contributed by atoms with Gasteiger partial charge in [0.05, 0.1) is 11.0 Å². The van der Waals surface area contributed by atoms with Crippen LogP contribution in [0.3, 0.4) is 0 Å². The summed E-state index contributed by atoms with van der Waals surface area (Å²) < 4.78 is 46.5. The normalized spacial score (nSPS) is 20.6. The van der Waals surface area contributed by atoms with E-state index >= 15 is 0 Å². The van der Waals surface area contributed by atoms with E-state index in [1.807, 2.05) is 0 Å². The quantitative estimate of drug-likeness (QED) is 0.832. The van der Waals surface area contributed by atoms with Crippen molar-refractivity contribution in [3.05, 3.63) is 29.6 Å². The zero-order valence-electron chi connectivity index (χ0n) is 12.2. The maximum Gasteiger partial charge on any atom is 0.241 e. The highest BCUT2D eigenvalue weighted by molar-refractivity contribution is 7.89. The van der Waals surface area contributed by atoms with Crippen LogP contribution in [0.15, 0.2) is 23.1 Å². The Morgan fingerprint density at radius 3 is 2.86 bits per heavy atom. The zero-order chi connectivity index (χ0) is 15.5. The Bertz CT molecular complexity index is 586. The van der Waals surface area contributed by atoms with Gasteiger partial charge in [-0.3, -0.25) is 0 Å². The molecule has 0 aromatic heterocycles. The summed E-state index contributed by atoms with van der Waals surface area (Å²) in [6.07, 6.45) is 1.64. The summed E-state index contributed by atoms with van der Waals surface area (Å²) in [5, 5.41) is 2.89. The number of ether oxygens (including phenoxy) is 1. The molecule has 2 unspecified atom stereocenters. The summed E-state index contributed by atoms with van der Waals surface area (Å²) in [5.41, 5.74) is 0.533. The third kappa shape index (κ3) is 4.00. The molecule has 2 atom stereocenters. The van der Waals surface area contributed by atoms with Crippen molar-refractivity contribution in [2.75, 3.05) is 13.7 Å². The molecule has 21 heavy (non-hydrogen) atoms. The van der Waals surface area contributed by atoms with Gasteiger partial charge in [0.2, 0.25) is 10.0 Å². The lowest BCUT2D eigenvalue weighted by Crippen LogP contribution is -2.41. The van der Waals surface area contributed by atoms with Crippen molar-refractivity contribution >= 4 is 10.0 Å². The molecule has 7 heteroatoms. The van der Waals surface area contributed by atoms with Gasteiger partial charge < -0.3 is 10.1 Å². The van der Waals surface area contributed by atoms with E-state index in [0.29, 0.717) is 18.7 Å². The highest BCUT2D eigenvalue weighted by atomic mass is 32.2. The molecule has 1 aromatic rings. The first kappa shape index (κ1) is 16.4. The third-order valence-corrected chi connectivity index (χ3v) is 5.19. The summed E-state index contributed by atoms with van der Waals surface area (Å²) in [5.74, 6) is -0.569. The number of sulfonamides is 1. The molecule has 118 valence electrons. The molecule has 5 nitrogen and oxygen atoms in total. The van der Waals surface area contributed by atoms with E-state index in [4.69, 9.17) is 4.74 Å². The van der Waals surface area contributed by atoms with Crippen molar-refractivity contribution in [1.29, 1.82) is 0 Å². The van der Waals surface area contributed by atoms with Crippen LogP contribution in [-0.2, 0) is 21.3 Å². The summed E-state index contributed by atoms with van der Waals surface area (Å²) in [6.45, 7) is 2.77. The molecule has 1 heterocycles. The Labute approximate surface area is 124 Å². The molecule has 1 aromatic carbocycles. The maximum absolute atomic E-state index is 13.4. The van der Waals surface area contributed by atoms with Gasteiger partial charge in [-0.2, -0.15) is 0 Å². The van der Waals surface area contributed by atoms with E-state index in [1.54, 1.807) is 14.0 Å². The average molecular weight is 316 g/mol. The minimum Gasteiger partial charge on any atom is -0.377 e. The smallest absolute Gasteiger partial charge is 0.241 e. The lowest BCUT2D eigenvalue weighted by atomic mass is 10.1. The molecule has 0 radical (unpaired) electrons. The Hall–Kier alpha value is -1.02. The first-order valence-electron chi connectivity index (χ1n) is 7.01. The van der Waals surface area contributed by atoms with Gasteiger partial charge in [0, 0.05) is 19.2 Å². The molecule has 0 amide bonds. The van der Waals surface area contributed by atoms with E-state index in [9.17, 15) is 12.8 Å². The number of hydrogen-bond acceptors (Lipinski definition) is 4. The second kappa shape index (κ2) is 6.83. The number of halogens is 1. The minimum atomic E-state index is -3.78. The van der Waals surface area contributed by atoms with Crippen LogP contribution < -0.4 is 10.0 Å². The molecule has 1 aliphatic rings. The molecule has 1 fully saturated rings. The molecule has 0 saturated carbocycles. The van der Waals surface area contributed by atoms with Crippen LogP contribution in [-0.4, -0.2) is 34.2 Å². The zero-order valence-corrected chi connectivity index (χ0v) is 13.0. The van der Waals surface area contributed by atoms with Gasteiger partial charge in [0.25, 0.3) is 0 Å². The van der Waals surface area contributed by atoms with E-state index in [0.717, 1.165) is 18.9 Å². The highest BCUT2D eigenvalue weighted by Gasteiger charge is 2.28. The molecular weight excluding hydrogens is 295 g/mol.